The molecule has 3 N–H and O–H groups in total. The first-order valence-corrected chi connectivity index (χ1v) is 7.34. The van der Waals surface area contributed by atoms with Crippen LogP contribution in [0, 0.1) is 20.8 Å². The highest BCUT2D eigenvalue weighted by Crippen LogP contribution is 2.24. The standard InChI is InChI=1S/C16H27N3/c1-12-10-13(2)16(14(3)11-12)15(17)4-7-19-8-5-18-6-9-19/h10-11,15,18H,4-9,17H2,1-3H3. The highest BCUT2D eigenvalue weighted by atomic mass is 15.2. The molecular formula is C16H27N3. The van der Waals surface area contributed by atoms with Crippen molar-refractivity contribution < 1.29 is 0 Å². The minimum atomic E-state index is 0.162. The van der Waals surface area contributed by atoms with Crippen LogP contribution >= 0.6 is 0 Å². The Morgan fingerprint density at radius 2 is 1.74 bits per heavy atom. The predicted octanol–water partition coefficient (Wildman–Crippen LogP) is 1.91. The average Bonchev–Trinajstić information content (AvgIpc) is 2.36. The van der Waals surface area contributed by atoms with Crippen LogP contribution in [0.1, 0.15) is 34.7 Å². The maximum atomic E-state index is 6.42. The summed E-state index contributed by atoms with van der Waals surface area (Å²) >= 11 is 0. The second kappa shape index (κ2) is 6.51. The summed E-state index contributed by atoms with van der Waals surface area (Å²) in [4.78, 5) is 2.51. The van der Waals surface area contributed by atoms with Crippen molar-refractivity contribution in [3.63, 3.8) is 0 Å². The van der Waals surface area contributed by atoms with Crippen molar-refractivity contribution in [2.75, 3.05) is 32.7 Å². The Labute approximate surface area is 117 Å². The minimum absolute atomic E-state index is 0.162. The Morgan fingerprint density at radius 1 is 1.16 bits per heavy atom. The summed E-state index contributed by atoms with van der Waals surface area (Å²) in [7, 11) is 0. The molecule has 1 fully saturated rings. The topological polar surface area (TPSA) is 41.3 Å². The molecule has 0 saturated carbocycles. The zero-order valence-corrected chi connectivity index (χ0v) is 12.5. The van der Waals surface area contributed by atoms with Gasteiger partial charge in [-0.1, -0.05) is 17.7 Å². The van der Waals surface area contributed by atoms with Crippen molar-refractivity contribution in [1.82, 2.24) is 10.2 Å². The van der Waals surface area contributed by atoms with E-state index < -0.39 is 0 Å². The van der Waals surface area contributed by atoms with Crippen LogP contribution in [0.15, 0.2) is 12.1 Å². The molecule has 0 spiro atoms. The Kier molecular flexibility index (Phi) is 4.97. The van der Waals surface area contributed by atoms with Crippen molar-refractivity contribution in [3.05, 3.63) is 34.4 Å². The molecule has 1 aromatic rings. The van der Waals surface area contributed by atoms with Gasteiger partial charge < -0.3 is 16.0 Å². The van der Waals surface area contributed by atoms with Crippen LogP contribution in [-0.4, -0.2) is 37.6 Å². The van der Waals surface area contributed by atoms with Gasteiger partial charge in [0.05, 0.1) is 0 Å². The number of aryl methyl sites for hydroxylation is 3. The second-order valence-electron chi connectivity index (χ2n) is 5.80. The predicted molar refractivity (Wildman–Crippen MR) is 81.5 cm³/mol. The molecule has 3 nitrogen and oxygen atoms in total. The number of hydrogen-bond acceptors (Lipinski definition) is 3. The maximum Gasteiger partial charge on any atom is 0.0312 e. The third-order valence-electron chi connectivity index (χ3n) is 4.07. The highest BCUT2D eigenvalue weighted by Gasteiger charge is 2.15. The van der Waals surface area contributed by atoms with Crippen LogP contribution < -0.4 is 11.1 Å². The van der Waals surface area contributed by atoms with Crippen LogP contribution in [0.25, 0.3) is 0 Å². The van der Waals surface area contributed by atoms with E-state index in [0.29, 0.717) is 0 Å². The van der Waals surface area contributed by atoms with E-state index in [1.807, 2.05) is 0 Å². The number of nitrogens with one attached hydrogen (secondary N) is 1. The summed E-state index contributed by atoms with van der Waals surface area (Å²) in [5.41, 5.74) is 11.8. The normalized spacial score (nSPS) is 18.5. The smallest absolute Gasteiger partial charge is 0.0312 e. The van der Waals surface area contributed by atoms with Crippen LogP contribution in [0.3, 0.4) is 0 Å². The number of rotatable bonds is 4. The summed E-state index contributed by atoms with van der Waals surface area (Å²) in [6.45, 7) is 12.1. The van der Waals surface area contributed by atoms with Crippen molar-refractivity contribution in [1.29, 1.82) is 0 Å². The molecule has 0 bridgehead atoms. The molecule has 3 heteroatoms. The van der Waals surface area contributed by atoms with E-state index in [1.165, 1.54) is 22.3 Å². The third-order valence-corrected chi connectivity index (χ3v) is 4.07. The maximum absolute atomic E-state index is 6.42. The van der Waals surface area contributed by atoms with Gasteiger partial charge in [-0.25, -0.2) is 0 Å². The molecule has 0 aliphatic carbocycles. The van der Waals surface area contributed by atoms with E-state index in [9.17, 15) is 0 Å². The molecule has 0 radical (unpaired) electrons. The van der Waals surface area contributed by atoms with E-state index in [2.05, 4.69) is 43.1 Å². The lowest BCUT2D eigenvalue weighted by molar-refractivity contribution is 0.233. The molecule has 106 valence electrons. The Balaban J connectivity index is 1.97. The van der Waals surface area contributed by atoms with E-state index in [-0.39, 0.29) is 6.04 Å². The zero-order valence-electron chi connectivity index (χ0n) is 12.5. The van der Waals surface area contributed by atoms with Crippen molar-refractivity contribution in [2.24, 2.45) is 5.73 Å². The fraction of sp³-hybridized carbons (Fsp3) is 0.625. The molecule has 1 aromatic carbocycles. The van der Waals surface area contributed by atoms with Gasteiger partial charge in [-0.2, -0.15) is 0 Å². The van der Waals surface area contributed by atoms with E-state index >= 15 is 0 Å². The fourth-order valence-corrected chi connectivity index (χ4v) is 3.18. The molecule has 1 aliphatic heterocycles. The summed E-state index contributed by atoms with van der Waals surface area (Å²) < 4.78 is 0. The summed E-state index contributed by atoms with van der Waals surface area (Å²) in [6.07, 6.45) is 1.05. The van der Waals surface area contributed by atoms with E-state index in [0.717, 1.165) is 39.1 Å². The SMILES string of the molecule is Cc1cc(C)c(C(N)CCN2CCNCC2)c(C)c1. The first-order valence-electron chi connectivity index (χ1n) is 7.34. The van der Waals surface area contributed by atoms with Gasteiger partial charge in [0.1, 0.15) is 0 Å². The number of nitrogens with zero attached hydrogens (tertiary/aromatic N) is 1. The van der Waals surface area contributed by atoms with Gasteiger partial charge in [0.25, 0.3) is 0 Å². The first kappa shape index (κ1) is 14.5. The van der Waals surface area contributed by atoms with Crippen LogP contribution in [0.4, 0.5) is 0 Å². The molecule has 1 unspecified atom stereocenters. The third kappa shape index (κ3) is 3.78. The number of benzene rings is 1. The molecule has 0 amide bonds. The van der Waals surface area contributed by atoms with Gasteiger partial charge in [-0.15, -0.1) is 0 Å². The fourth-order valence-electron chi connectivity index (χ4n) is 3.18. The van der Waals surface area contributed by atoms with Gasteiger partial charge in [-0.05, 0) is 43.9 Å². The molecule has 1 aliphatic rings. The highest BCUT2D eigenvalue weighted by molar-refractivity contribution is 5.39. The number of hydrogen-bond donors (Lipinski definition) is 2. The van der Waals surface area contributed by atoms with Crippen LogP contribution in [0.5, 0.6) is 0 Å². The lowest BCUT2D eigenvalue weighted by Crippen LogP contribution is -2.44. The van der Waals surface area contributed by atoms with Gasteiger partial charge in [0.2, 0.25) is 0 Å². The largest absolute Gasteiger partial charge is 0.324 e. The number of nitrogens with two attached hydrogens (primary N) is 1. The van der Waals surface area contributed by atoms with Crippen molar-refractivity contribution >= 4 is 0 Å². The summed E-state index contributed by atoms with van der Waals surface area (Å²) in [5.74, 6) is 0. The Hall–Kier alpha value is -0.900. The van der Waals surface area contributed by atoms with Gasteiger partial charge in [-0.3, -0.25) is 0 Å². The zero-order chi connectivity index (χ0) is 13.8. The lowest BCUT2D eigenvalue weighted by atomic mass is 9.93. The van der Waals surface area contributed by atoms with E-state index in [4.69, 9.17) is 5.73 Å². The monoisotopic (exact) mass is 261 g/mol. The van der Waals surface area contributed by atoms with E-state index in [1.54, 1.807) is 0 Å². The van der Waals surface area contributed by atoms with Gasteiger partial charge in [0.15, 0.2) is 0 Å². The van der Waals surface area contributed by atoms with Crippen LogP contribution in [0.2, 0.25) is 0 Å². The molecule has 19 heavy (non-hydrogen) atoms. The summed E-state index contributed by atoms with van der Waals surface area (Å²) in [5, 5.41) is 3.39. The first-order chi connectivity index (χ1) is 9.08. The summed E-state index contributed by atoms with van der Waals surface area (Å²) in [6, 6.07) is 4.65. The molecular weight excluding hydrogens is 234 g/mol. The average molecular weight is 261 g/mol. The minimum Gasteiger partial charge on any atom is -0.324 e. The molecule has 1 heterocycles. The molecule has 1 saturated heterocycles. The quantitative estimate of drug-likeness (QED) is 0.870. The molecule has 1 atom stereocenters. The lowest BCUT2D eigenvalue weighted by Gasteiger charge is -2.28. The molecule has 0 aromatic heterocycles. The van der Waals surface area contributed by atoms with Crippen molar-refractivity contribution in [2.45, 2.75) is 33.2 Å². The number of piperazine rings is 1. The van der Waals surface area contributed by atoms with Gasteiger partial charge in [0, 0.05) is 38.8 Å². The Morgan fingerprint density at radius 3 is 2.32 bits per heavy atom. The van der Waals surface area contributed by atoms with Crippen molar-refractivity contribution in [3.8, 4) is 0 Å². The molecule has 2 rings (SSSR count). The van der Waals surface area contributed by atoms with Crippen LogP contribution in [-0.2, 0) is 0 Å². The van der Waals surface area contributed by atoms with Gasteiger partial charge >= 0.3 is 0 Å². The Bertz CT molecular complexity index is 399. The second-order valence-corrected chi connectivity index (χ2v) is 5.80.